The lowest BCUT2D eigenvalue weighted by Gasteiger charge is -2.18. The molecule has 0 spiro atoms. The third kappa shape index (κ3) is 11.6. The standard InChI is InChI=1S/C22H42N4S2/c23-21(25-15-19-11-7-3-1-4-8-12-19)17-27-28-18-22(24)26-16-20-13-9-5-2-6-10-14-20/h19-20H,1-18H2,(H2,23,25)(H2,24,26). The molecule has 0 aromatic rings. The minimum absolute atomic E-state index is 0.743. The van der Waals surface area contributed by atoms with E-state index >= 15 is 0 Å². The second-order valence-electron chi connectivity index (χ2n) is 8.61. The second-order valence-corrected chi connectivity index (χ2v) is 11.1. The fourth-order valence-electron chi connectivity index (χ4n) is 4.23. The van der Waals surface area contributed by atoms with E-state index in [0.717, 1.165) is 48.1 Å². The van der Waals surface area contributed by atoms with Crippen LogP contribution in [0.25, 0.3) is 0 Å². The number of aliphatic imine (C=N–C) groups is 2. The van der Waals surface area contributed by atoms with Crippen molar-refractivity contribution in [3.63, 3.8) is 0 Å². The maximum absolute atomic E-state index is 6.12. The predicted molar refractivity (Wildman–Crippen MR) is 130 cm³/mol. The van der Waals surface area contributed by atoms with Crippen LogP contribution in [-0.2, 0) is 0 Å². The van der Waals surface area contributed by atoms with Crippen molar-refractivity contribution < 1.29 is 0 Å². The van der Waals surface area contributed by atoms with Crippen molar-refractivity contribution in [3.05, 3.63) is 0 Å². The van der Waals surface area contributed by atoms with Crippen LogP contribution in [0, 0.1) is 11.8 Å². The Bertz CT molecular complexity index is 409. The van der Waals surface area contributed by atoms with Crippen molar-refractivity contribution in [1.82, 2.24) is 0 Å². The van der Waals surface area contributed by atoms with Crippen LogP contribution in [0.15, 0.2) is 9.98 Å². The molecule has 0 amide bonds. The van der Waals surface area contributed by atoms with Crippen LogP contribution in [0.4, 0.5) is 0 Å². The van der Waals surface area contributed by atoms with Crippen molar-refractivity contribution >= 4 is 33.3 Å². The zero-order valence-electron chi connectivity index (χ0n) is 17.7. The summed E-state index contributed by atoms with van der Waals surface area (Å²) in [4.78, 5) is 9.30. The molecule has 2 fully saturated rings. The Balaban J connectivity index is 1.56. The molecule has 0 heterocycles. The van der Waals surface area contributed by atoms with E-state index in [1.54, 1.807) is 21.6 Å². The molecule has 2 aliphatic carbocycles. The quantitative estimate of drug-likeness (QED) is 0.211. The molecule has 4 nitrogen and oxygen atoms in total. The summed E-state index contributed by atoms with van der Waals surface area (Å²) in [7, 11) is 3.50. The Morgan fingerprint density at radius 3 is 1.25 bits per heavy atom. The van der Waals surface area contributed by atoms with E-state index in [9.17, 15) is 0 Å². The molecule has 0 aromatic carbocycles. The topological polar surface area (TPSA) is 76.8 Å². The molecule has 2 rings (SSSR count). The second kappa shape index (κ2) is 15.5. The molecule has 162 valence electrons. The van der Waals surface area contributed by atoms with Crippen LogP contribution in [0.1, 0.15) is 89.9 Å². The third-order valence-corrected chi connectivity index (χ3v) is 8.25. The molecule has 0 radical (unpaired) electrons. The normalized spacial score (nSPS) is 22.3. The van der Waals surface area contributed by atoms with Crippen molar-refractivity contribution in [2.45, 2.75) is 89.9 Å². The highest BCUT2D eigenvalue weighted by Gasteiger charge is 2.12. The molecule has 2 saturated carbocycles. The van der Waals surface area contributed by atoms with E-state index in [4.69, 9.17) is 11.5 Å². The average Bonchev–Trinajstić information content (AvgIpc) is 2.63. The van der Waals surface area contributed by atoms with Gasteiger partial charge in [0.05, 0.1) is 11.5 Å². The van der Waals surface area contributed by atoms with Crippen molar-refractivity contribution in [1.29, 1.82) is 0 Å². The average molecular weight is 427 g/mol. The fraction of sp³-hybridized carbons (Fsp3) is 0.909. The maximum Gasteiger partial charge on any atom is 0.105 e. The number of nitrogens with two attached hydrogens (primary N) is 2. The van der Waals surface area contributed by atoms with Crippen molar-refractivity contribution in [3.8, 4) is 0 Å². The summed E-state index contributed by atoms with van der Waals surface area (Å²) < 4.78 is 0. The molecule has 2 aliphatic rings. The Hall–Kier alpha value is -0.360. The fourth-order valence-corrected chi connectivity index (χ4v) is 6.05. The summed E-state index contributed by atoms with van der Waals surface area (Å²) in [5, 5.41) is 0. The van der Waals surface area contributed by atoms with Gasteiger partial charge < -0.3 is 11.5 Å². The Morgan fingerprint density at radius 2 is 0.893 bits per heavy atom. The number of amidine groups is 2. The Labute approximate surface area is 181 Å². The van der Waals surface area contributed by atoms with Gasteiger partial charge in [0.25, 0.3) is 0 Å². The summed E-state index contributed by atoms with van der Waals surface area (Å²) >= 11 is 0. The van der Waals surface area contributed by atoms with Crippen LogP contribution >= 0.6 is 21.6 Å². The van der Waals surface area contributed by atoms with Crippen LogP contribution in [0.5, 0.6) is 0 Å². The molecule has 0 saturated heterocycles. The van der Waals surface area contributed by atoms with Gasteiger partial charge in [-0.3, -0.25) is 9.98 Å². The highest BCUT2D eigenvalue weighted by Crippen LogP contribution is 2.24. The summed E-state index contributed by atoms with van der Waals surface area (Å²) in [6.45, 7) is 1.84. The van der Waals surface area contributed by atoms with Crippen LogP contribution in [0.3, 0.4) is 0 Å². The number of rotatable bonds is 9. The van der Waals surface area contributed by atoms with E-state index in [-0.39, 0.29) is 0 Å². The molecular formula is C22H42N4S2. The minimum Gasteiger partial charge on any atom is -0.387 e. The number of hydrogen-bond acceptors (Lipinski definition) is 4. The summed E-state index contributed by atoms with van der Waals surface area (Å²) in [5.41, 5.74) is 12.2. The van der Waals surface area contributed by atoms with Crippen molar-refractivity contribution in [2.75, 3.05) is 24.6 Å². The van der Waals surface area contributed by atoms with E-state index in [0.29, 0.717) is 0 Å². The molecule has 0 bridgehead atoms. The SMILES string of the molecule is NC(CSSCC(N)=NCC1CCCCCCC1)=NCC1CCCCCCC1. The Kier molecular flexibility index (Phi) is 13.2. The molecule has 0 aliphatic heterocycles. The lowest BCUT2D eigenvalue weighted by atomic mass is 9.91. The van der Waals surface area contributed by atoms with Gasteiger partial charge in [0.2, 0.25) is 0 Å². The lowest BCUT2D eigenvalue weighted by molar-refractivity contribution is 0.386. The third-order valence-electron chi connectivity index (χ3n) is 6.05. The van der Waals surface area contributed by atoms with Crippen LogP contribution < -0.4 is 11.5 Å². The van der Waals surface area contributed by atoms with Gasteiger partial charge >= 0.3 is 0 Å². The van der Waals surface area contributed by atoms with Gasteiger partial charge in [0, 0.05) is 13.1 Å². The van der Waals surface area contributed by atoms with Gasteiger partial charge in [-0.15, -0.1) is 0 Å². The van der Waals surface area contributed by atoms with Crippen molar-refractivity contribution in [2.24, 2.45) is 33.3 Å². The van der Waals surface area contributed by atoms with Gasteiger partial charge in [-0.1, -0.05) is 85.8 Å². The molecule has 0 aromatic heterocycles. The van der Waals surface area contributed by atoms with Gasteiger partial charge in [-0.05, 0) is 37.5 Å². The summed E-state index contributed by atoms with van der Waals surface area (Å²) in [6.07, 6.45) is 19.2. The number of hydrogen-bond donors (Lipinski definition) is 2. The van der Waals surface area contributed by atoms with E-state index in [1.807, 2.05) is 0 Å². The van der Waals surface area contributed by atoms with Crippen LogP contribution in [-0.4, -0.2) is 36.3 Å². The van der Waals surface area contributed by atoms with E-state index in [1.165, 1.54) is 89.9 Å². The van der Waals surface area contributed by atoms with Gasteiger partial charge in [-0.2, -0.15) is 0 Å². The first-order valence-electron chi connectivity index (χ1n) is 11.6. The maximum atomic E-state index is 6.12. The zero-order chi connectivity index (χ0) is 19.9. The van der Waals surface area contributed by atoms with E-state index in [2.05, 4.69) is 9.98 Å². The zero-order valence-corrected chi connectivity index (χ0v) is 19.4. The molecule has 4 N–H and O–H groups in total. The smallest absolute Gasteiger partial charge is 0.105 e. The largest absolute Gasteiger partial charge is 0.387 e. The first-order valence-corrected chi connectivity index (χ1v) is 14.0. The van der Waals surface area contributed by atoms with Gasteiger partial charge in [0.15, 0.2) is 0 Å². The molecular weight excluding hydrogens is 384 g/mol. The Morgan fingerprint density at radius 1 is 0.571 bits per heavy atom. The summed E-state index contributed by atoms with van der Waals surface area (Å²) in [6, 6.07) is 0. The molecule has 0 atom stereocenters. The van der Waals surface area contributed by atoms with Gasteiger partial charge in [0.1, 0.15) is 11.7 Å². The highest BCUT2D eigenvalue weighted by atomic mass is 33.1. The number of nitrogens with zero attached hydrogens (tertiary/aromatic N) is 2. The van der Waals surface area contributed by atoms with Crippen LogP contribution in [0.2, 0.25) is 0 Å². The molecule has 0 unspecified atom stereocenters. The minimum atomic E-state index is 0.743. The first kappa shape index (κ1) is 23.9. The highest BCUT2D eigenvalue weighted by molar-refractivity contribution is 8.77. The summed E-state index contributed by atoms with van der Waals surface area (Å²) in [5.74, 6) is 4.62. The molecule has 6 heteroatoms. The van der Waals surface area contributed by atoms with E-state index < -0.39 is 0 Å². The lowest BCUT2D eigenvalue weighted by Crippen LogP contribution is -2.19. The first-order chi connectivity index (χ1) is 13.7. The monoisotopic (exact) mass is 426 g/mol. The molecule has 28 heavy (non-hydrogen) atoms. The van der Waals surface area contributed by atoms with Gasteiger partial charge in [-0.25, -0.2) is 0 Å². The predicted octanol–water partition coefficient (Wildman–Crippen LogP) is 5.80.